The van der Waals surface area contributed by atoms with Crippen LogP contribution in [0.4, 0.5) is 5.69 Å². The minimum absolute atomic E-state index is 0.00622. The molecule has 3 atom stereocenters. The van der Waals surface area contributed by atoms with Crippen molar-refractivity contribution in [2.24, 2.45) is 5.92 Å². The van der Waals surface area contributed by atoms with E-state index in [-0.39, 0.29) is 42.9 Å². The third-order valence-electron chi connectivity index (χ3n) is 7.22. The number of benzene rings is 2. The number of likely N-dealkylation sites (N-methyl/N-ethyl adjacent to an activating group) is 1. The summed E-state index contributed by atoms with van der Waals surface area (Å²) in [5.74, 6) is 1.06. The minimum Gasteiger partial charge on any atom is -0.497 e. The molecule has 2 amide bonds. The van der Waals surface area contributed by atoms with Crippen LogP contribution in [-0.4, -0.2) is 77.7 Å². The highest BCUT2D eigenvalue weighted by molar-refractivity contribution is 6.04. The first-order chi connectivity index (χ1) is 19.3. The lowest BCUT2D eigenvalue weighted by molar-refractivity contribution is -0.134. The van der Waals surface area contributed by atoms with Crippen LogP contribution in [0, 0.1) is 5.92 Å². The van der Waals surface area contributed by atoms with E-state index in [0.717, 1.165) is 17.9 Å². The Labute approximate surface area is 235 Å². The van der Waals surface area contributed by atoms with Crippen LogP contribution < -0.4 is 14.8 Å². The van der Waals surface area contributed by atoms with Crippen molar-refractivity contribution < 1.29 is 24.2 Å². The monoisotopic (exact) mass is 546 g/mol. The number of fused-ring (bicyclic) bond motifs is 1. The summed E-state index contributed by atoms with van der Waals surface area (Å²) in [6.07, 6.45) is 3.00. The number of aliphatic hydroxyl groups is 1. The minimum atomic E-state index is -0.330. The van der Waals surface area contributed by atoms with Crippen molar-refractivity contribution in [3.63, 3.8) is 0 Å². The Bertz CT molecular complexity index is 1280. The normalized spacial score (nSPS) is 18.1. The van der Waals surface area contributed by atoms with Crippen LogP contribution >= 0.6 is 0 Å². The fourth-order valence-electron chi connectivity index (χ4n) is 4.85. The molecule has 2 heterocycles. The summed E-state index contributed by atoms with van der Waals surface area (Å²) < 4.78 is 11.9. The Morgan fingerprint density at radius 2 is 1.93 bits per heavy atom. The summed E-state index contributed by atoms with van der Waals surface area (Å²) in [7, 11) is 3.70. The van der Waals surface area contributed by atoms with Crippen LogP contribution in [0.3, 0.4) is 0 Å². The lowest BCUT2D eigenvalue weighted by atomic mass is 10.0. The van der Waals surface area contributed by atoms with Gasteiger partial charge in [-0.3, -0.25) is 19.5 Å². The zero-order valence-corrected chi connectivity index (χ0v) is 23.5. The molecular weight excluding hydrogens is 508 g/mol. The Hall–Kier alpha value is -3.95. The first-order valence-corrected chi connectivity index (χ1v) is 13.5. The molecule has 1 aromatic heterocycles. The molecule has 0 saturated heterocycles. The number of aliphatic hydroxyl groups excluding tert-OH is 1. The molecule has 2 aromatic carbocycles. The molecule has 9 heteroatoms. The van der Waals surface area contributed by atoms with Crippen LogP contribution in [0.2, 0.25) is 0 Å². The number of amides is 2. The lowest BCUT2D eigenvalue weighted by Crippen LogP contribution is -2.47. The number of anilines is 1. The molecule has 0 saturated carbocycles. The van der Waals surface area contributed by atoms with Crippen molar-refractivity contribution in [3.8, 4) is 11.5 Å². The van der Waals surface area contributed by atoms with Gasteiger partial charge in [0.05, 0.1) is 26.2 Å². The van der Waals surface area contributed by atoms with Crippen molar-refractivity contribution >= 4 is 17.5 Å². The van der Waals surface area contributed by atoms with Crippen LogP contribution in [0.1, 0.15) is 35.3 Å². The number of hydrogen-bond donors (Lipinski definition) is 2. The number of pyridine rings is 1. The Morgan fingerprint density at radius 3 is 2.60 bits per heavy atom. The number of hydrogen-bond acceptors (Lipinski definition) is 7. The SMILES string of the molecule is COc1ccc(CN(C)C[C@@H]2Oc3ccc(NC(=O)c4ccncc4)cc3CC(=O)N([C@@H](C)CO)C[C@@H]2C)cc1. The van der Waals surface area contributed by atoms with E-state index in [1.807, 2.05) is 44.3 Å². The Kier molecular flexibility index (Phi) is 9.74. The fraction of sp³-hybridized carbons (Fsp3) is 0.387. The maximum atomic E-state index is 13.5. The van der Waals surface area contributed by atoms with Crippen molar-refractivity contribution in [1.82, 2.24) is 14.8 Å². The van der Waals surface area contributed by atoms with E-state index in [0.29, 0.717) is 35.7 Å². The molecule has 1 aliphatic rings. The second-order valence-electron chi connectivity index (χ2n) is 10.4. The molecule has 2 N–H and O–H groups in total. The highest BCUT2D eigenvalue weighted by atomic mass is 16.5. The molecule has 1 aliphatic heterocycles. The number of carbonyl (C=O) groups is 2. The van der Waals surface area contributed by atoms with Crippen molar-refractivity contribution in [3.05, 3.63) is 83.7 Å². The average molecular weight is 547 g/mol. The highest BCUT2D eigenvalue weighted by Crippen LogP contribution is 2.29. The van der Waals surface area contributed by atoms with Crippen LogP contribution in [0.25, 0.3) is 0 Å². The second kappa shape index (κ2) is 13.4. The third-order valence-corrected chi connectivity index (χ3v) is 7.22. The first kappa shape index (κ1) is 29.0. The first-order valence-electron chi connectivity index (χ1n) is 13.5. The van der Waals surface area contributed by atoms with E-state index in [1.165, 1.54) is 0 Å². The summed E-state index contributed by atoms with van der Waals surface area (Å²) in [4.78, 5) is 34.1. The van der Waals surface area contributed by atoms with Gasteiger partial charge in [-0.25, -0.2) is 0 Å². The molecule has 40 heavy (non-hydrogen) atoms. The second-order valence-corrected chi connectivity index (χ2v) is 10.4. The van der Waals surface area contributed by atoms with Gasteiger partial charge in [-0.15, -0.1) is 0 Å². The van der Waals surface area contributed by atoms with Gasteiger partial charge >= 0.3 is 0 Å². The van der Waals surface area contributed by atoms with E-state index in [9.17, 15) is 14.7 Å². The van der Waals surface area contributed by atoms with Crippen molar-refractivity contribution in [2.75, 3.05) is 39.2 Å². The maximum absolute atomic E-state index is 13.5. The molecule has 9 nitrogen and oxygen atoms in total. The van der Waals surface area contributed by atoms with E-state index >= 15 is 0 Å². The number of nitrogens with one attached hydrogen (secondary N) is 1. The molecule has 3 aromatic rings. The maximum Gasteiger partial charge on any atom is 0.255 e. The van der Waals surface area contributed by atoms with Gasteiger partial charge in [-0.2, -0.15) is 0 Å². The van der Waals surface area contributed by atoms with Gasteiger partial charge in [0.1, 0.15) is 17.6 Å². The number of ether oxygens (including phenoxy) is 2. The predicted octanol–water partition coefficient (Wildman–Crippen LogP) is 3.62. The predicted molar refractivity (Wildman–Crippen MR) is 154 cm³/mol. The quantitative estimate of drug-likeness (QED) is 0.423. The molecule has 0 radical (unpaired) electrons. The number of rotatable bonds is 9. The molecule has 0 bridgehead atoms. The van der Waals surface area contributed by atoms with E-state index < -0.39 is 0 Å². The number of methoxy groups -OCH3 is 1. The fourth-order valence-corrected chi connectivity index (χ4v) is 4.85. The van der Waals surface area contributed by atoms with Crippen molar-refractivity contribution in [1.29, 1.82) is 0 Å². The lowest BCUT2D eigenvalue weighted by Gasteiger charge is -2.34. The molecule has 0 unspecified atom stereocenters. The summed E-state index contributed by atoms with van der Waals surface area (Å²) in [5, 5.41) is 12.8. The molecule has 0 spiro atoms. The number of aromatic nitrogens is 1. The molecule has 212 valence electrons. The van der Waals surface area contributed by atoms with Crippen molar-refractivity contribution in [2.45, 2.75) is 39.0 Å². The largest absolute Gasteiger partial charge is 0.497 e. The molecule has 0 fully saturated rings. The van der Waals surface area contributed by atoms with Gasteiger partial charge in [0.2, 0.25) is 5.91 Å². The van der Waals surface area contributed by atoms with Gasteiger partial charge in [0, 0.05) is 54.8 Å². The molecular formula is C31H38N4O5. The van der Waals surface area contributed by atoms with Crippen LogP contribution in [0.5, 0.6) is 11.5 Å². The average Bonchev–Trinajstić information content (AvgIpc) is 3.01. The smallest absolute Gasteiger partial charge is 0.255 e. The summed E-state index contributed by atoms with van der Waals surface area (Å²) in [5.41, 5.74) is 2.89. The molecule has 4 rings (SSSR count). The van der Waals surface area contributed by atoms with E-state index in [4.69, 9.17) is 9.47 Å². The van der Waals surface area contributed by atoms with Gasteiger partial charge in [0.15, 0.2) is 0 Å². The zero-order chi connectivity index (χ0) is 28.6. The van der Waals surface area contributed by atoms with Crippen LogP contribution in [0.15, 0.2) is 67.0 Å². The Balaban J connectivity index is 1.58. The number of nitrogens with zero attached hydrogens (tertiary/aromatic N) is 3. The Morgan fingerprint density at radius 1 is 1.20 bits per heavy atom. The van der Waals surface area contributed by atoms with Gasteiger partial charge in [-0.05, 0) is 62.0 Å². The summed E-state index contributed by atoms with van der Waals surface area (Å²) >= 11 is 0. The van der Waals surface area contributed by atoms with Crippen LogP contribution in [-0.2, 0) is 17.8 Å². The summed E-state index contributed by atoms with van der Waals surface area (Å²) in [6.45, 7) is 5.60. The van der Waals surface area contributed by atoms with Gasteiger partial charge in [-0.1, -0.05) is 19.1 Å². The van der Waals surface area contributed by atoms with Gasteiger partial charge in [0.25, 0.3) is 5.91 Å². The van der Waals surface area contributed by atoms with E-state index in [2.05, 4.69) is 22.1 Å². The standard InChI is InChI=1S/C31H38N4O5/c1-21-17-35(22(2)20-36)30(37)16-25-15-26(33-31(38)24-11-13-32-14-12-24)7-10-28(25)40-29(21)19-34(3)18-23-5-8-27(39-4)9-6-23/h5-15,21-22,29,36H,16-20H2,1-4H3,(H,33,38)/t21-,22-,29-/m0/s1. The topological polar surface area (TPSA) is 104 Å². The third kappa shape index (κ3) is 7.37. The number of carbonyl (C=O) groups excluding carboxylic acids is 2. The van der Waals surface area contributed by atoms with E-state index in [1.54, 1.807) is 48.7 Å². The highest BCUT2D eigenvalue weighted by Gasteiger charge is 2.31. The zero-order valence-electron chi connectivity index (χ0n) is 23.5. The van der Waals surface area contributed by atoms with Gasteiger partial charge < -0.3 is 24.8 Å². The molecule has 0 aliphatic carbocycles. The summed E-state index contributed by atoms with van der Waals surface area (Å²) in [6, 6.07) is 16.3.